The number of rotatable bonds is 8. The van der Waals surface area contributed by atoms with Gasteiger partial charge in [0.2, 0.25) is 0 Å². The van der Waals surface area contributed by atoms with Crippen LogP contribution in [0.3, 0.4) is 0 Å². The molecule has 4 N–H and O–H groups in total. The van der Waals surface area contributed by atoms with Crippen molar-refractivity contribution in [2.45, 2.75) is 26.7 Å². The summed E-state index contributed by atoms with van der Waals surface area (Å²) in [7, 11) is -10.1. The highest BCUT2D eigenvalue weighted by Gasteiger charge is 2.33. The van der Waals surface area contributed by atoms with Crippen molar-refractivity contribution >= 4 is 26.8 Å². The molecule has 2 rings (SSSR count). The van der Waals surface area contributed by atoms with Crippen molar-refractivity contribution in [3.8, 4) is 11.5 Å². The van der Waals surface area contributed by atoms with Crippen molar-refractivity contribution in [1.82, 2.24) is 0 Å². The first kappa shape index (κ1) is 22.4. The summed E-state index contributed by atoms with van der Waals surface area (Å²) >= 11 is 0. The lowest BCUT2D eigenvalue weighted by Crippen LogP contribution is -1.96. The molecule has 0 aliphatic heterocycles. The van der Waals surface area contributed by atoms with Crippen molar-refractivity contribution in [2.75, 3.05) is 0 Å². The first-order valence-corrected chi connectivity index (χ1v) is 11.5. The predicted molar refractivity (Wildman–Crippen MR) is 106 cm³/mol. The normalized spacial score (nSPS) is 14.9. The second-order valence-electron chi connectivity index (χ2n) is 5.87. The zero-order valence-electron chi connectivity index (χ0n) is 15.3. The van der Waals surface area contributed by atoms with Gasteiger partial charge in [-0.25, -0.2) is 9.13 Å². The maximum atomic E-state index is 11.6. The third-order valence-electron chi connectivity index (χ3n) is 3.92. The van der Waals surface area contributed by atoms with Crippen LogP contribution in [0.25, 0.3) is 11.1 Å². The van der Waals surface area contributed by atoms with Crippen molar-refractivity contribution in [2.24, 2.45) is 0 Å². The van der Waals surface area contributed by atoms with Crippen LogP contribution in [-0.4, -0.2) is 19.8 Å². The van der Waals surface area contributed by atoms with E-state index in [1.165, 1.54) is 12.1 Å². The van der Waals surface area contributed by atoms with Crippen LogP contribution in [0.5, 0.6) is 11.5 Å². The molecule has 0 radical (unpaired) electrons. The summed E-state index contributed by atoms with van der Waals surface area (Å²) < 4.78 is 30.8. The fourth-order valence-corrected chi connectivity index (χ4v) is 4.44. The Morgan fingerprint density at radius 2 is 1.25 bits per heavy atom. The molecule has 10 heteroatoms. The summed E-state index contributed by atoms with van der Waals surface area (Å²) in [6.07, 6.45) is 1.48. The van der Waals surface area contributed by atoms with Gasteiger partial charge in [0.05, 0.1) is 0 Å². The summed E-state index contributed by atoms with van der Waals surface area (Å²) in [4.78, 5) is 26.7. The van der Waals surface area contributed by atoms with Crippen molar-refractivity contribution in [3.63, 3.8) is 0 Å². The molecule has 0 amide bonds. The third-order valence-corrected chi connectivity index (χ3v) is 6.04. The third kappa shape index (κ3) is 6.31. The summed E-state index contributed by atoms with van der Waals surface area (Å²) in [5.41, 5.74) is 3.99. The topological polar surface area (TPSA) is 134 Å². The number of phenolic OH excluding ortho intramolecular Hbond substituents is 1. The van der Waals surface area contributed by atoms with Gasteiger partial charge in [-0.2, -0.15) is 4.31 Å². The molecule has 0 aromatic heterocycles. The Balaban J connectivity index is 2.32. The number of benzene rings is 2. The van der Waals surface area contributed by atoms with Crippen LogP contribution in [0, 0.1) is 0 Å². The monoisotopic (exact) mass is 428 g/mol. The van der Waals surface area contributed by atoms with Crippen LogP contribution in [0.1, 0.15) is 37.8 Å². The van der Waals surface area contributed by atoms with Gasteiger partial charge in [0.15, 0.2) is 0 Å². The SMILES string of the molecule is CC/C(=C(/CC)c1ccc(OP(=O)(O)OP(=O)(O)O)cc1)c1ccc(O)cc1. The number of allylic oxidation sites excluding steroid dienone is 2. The van der Waals surface area contributed by atoms with Gasteiger partial charge in [-0.1, -0.05) is 38.1 Å². The average Bonchev–Trinajstić information content (AvgIpc) is 2.59. The van der Waals surface area contributed by atoms with Crippen LogP contribution in [0.4, 0.5) is 0 Å². The molecule has 0 fully saturated rings. The van der Waals surface area contributed by atoms with E-state index in [1.54, 1.807) is 24.3 Å². The van der Waals surface area contributed by atoms with Crippen molar-refractivity contribution < 1.29 is 37.8 Å². The highest BCUT2D eigenvalue weighted by molar-refractivity contribution is 7.60. The van der Waals surface area contributed by atoms with Gasteiger partial charge < -0.3 is 19.4 Å². The van der Waals surface area contributed by atoms with Crippen molar-refractivity contribution in [3.05, 3.63) is 59.7 Å². The second kappa shape index (κ2) is 9.05. The molecule has 0 bridgehead atoms. The minimum absolute atomic E-state index is 0.0684. The number of hydrogen-bond acceptors (Lipinski definition) is 5. The molecule has 28 heavy (non-hydrogen) atoms. The standard InChI is InChI=1S/C18H22O8P2/c1-3-17(13-5-9-15(19)10-6-13)18(4-2)14-7-11-16(12-8-14)25-28(23,24)26-27(20,21)22/h5-12,19H,3-4H2,1-2H3,(H,23,24)(H2,20,21,22)/b18-17+. The molecule has 8 nitrogen and oxygen atoms in total. The molecule has 2 aromatic carbocycles. The molecule has 0 heterocycles. The highest BCUT2D eigenvalue weighted by Crippen LogP contribution is 2.57. The molecule has 0 saturated heterocycles. The van der Waals surface area contributed by atoms with Crippen LogP contribution < -0.4 is 4.52 Å². The van der Waals surface area contributed by atoms with E-state index in [0.717, 1.165) is 35.1 Å². The number of phosphoric ester groups is 1. The molecule has 0 aliphatic rings. The molecular formula is C18H22O8P2. The Morgan fingerprint density at radius 3 is 1.64 bits per heavy atom. The number of phenols is 1. The first-order chi connectivity index (χ1) is 13.0. The van der Waals surface area contributed by atoms with Crippen LogP contribution >= 0.6 is 15.6 Å². The van der Waals surface area contributed by atoms with Gasteiger partial charge in [-0.3, -0.25) is 4.89 Å². The molecule has 1 atom stereocenters. The van der Waals surface area contributed by atoms with Gasteiger partial charge in [-0.05, 0) is 59.4 Å². The molecule has 1 unspecified atom stereocenters. The lowest BCUT2D eigenvalue weighted by atomic mass is 9.91. The minimum atomic E-state index is -5.17. The van der Waals surface area contributed by atoms with E-state index >= 15 is 0 Å². The van der Waals surface area contributed by atoms with E-state index in [0.29, 0.717) is 0 Å². The summed E-state index contributed by atoms with van der Waals surface area (Å²) in [5, 5.41) is 9.49. The zero-order chi connectivity index (χ0) is 20.9. The molecule has 152 valence electrons. The van der Waals surface area contributed by atoms with Gasteiger partial charge in [0, 0.05) is 0 Å². The molecular weight excluding hydrogens is 406 g/mol. The number of aromatic hydroxyl groups is 1. The first-order valence-electron chi connectivity index (χ1n) is 8.45. The fraction of sp³-hybridized carbons (Fsp3) is 0.222. The minimum Gasteiger partial charge on any atom is -0.508 e. The average molecular weight is 428 g/mol. The quantitative estimate of drug-likeness (QED) is 0.351. The molecule has 0 spiro atoms. The Hall–Kier alpha value is -1.92. The Morgan fingerprint density at radius 1 is 0.821 bits per heavy atom. The lowest BCUT2D eigenvalue weighted by Gasteiger charge is -2.16. The molecule has 2 aromatic rings. The number of hydrogen-bond donors (Lipinski definition) is 4. The maximum Gasteiger partial charge on any atom is 0.536 e. The van der Waals surface area contributed by atoms with Gasteiger partial charge in [0.1, 0.15) is 11.5 Å². The number of phosphoric acid groups is 2. The van der Waals surface area contributed by atoms with Crippen LogP contribution in [0.15, 0.2) is 48.5 Å². The lowest BCUT2D eigenvalue weighted by molar-refractivity contribution is 0.229. The predicted octanol–water partition coefficient (Wildman–Crippen LogP) is 4.71. The summed E-state index contributed by atoms with van der Waals surface area (Å²) in [6, 6.07) is 13.1. The highest BCUT2D eigenvalue weighted by atomic mass is 31.3. The van der Waals surface area contributed by atoms with Crippen LogP contribution in [0.2, 0.25) is 0 Å². The Bertz CT molecular complexity index is 929. The maximum absolute atomic E-state index is 11.6. The van der Waals surface area contributed by atoms with Crippen LogP contribution in [-0.2, 0) is 13.4 Å². The zero-order valence-corrected chi connectivity index (χ0v) is 17.1. The molecule has 0 aliphatic carbocycles. The Kier molecular flexibility index (Phi) is 7.23. The molecule has 0 saturated carbocycles. The van der Waals surface area contributed by atoms with E-state index in [2.05, 4.69) is 8.83 Å². The second-order valence-corrected chi connectivity index (χ2v) is 8.62. The van der Waals surface area contributed by atoms with E-state index in [4.69, 9.17) is 9.79 Å². The smallest absolute Gasteiger partial charge is 0.508 e. The Labute approximate surface area is 162 Å². The summed E-state index contributed by atoms with van der Waals surface area (Å²) in [5.74, 6) is 0.117. The fourth-order valence-electron chi connectivity index (χ4n) is 2.85. The largest absolute Gasteiger partial charge is 0.536 e. The van der Waals surface area contributed by atoms with Gasteiger partial charge >= 0.3 is 15.6 Å². The van der Waals surface area contributed by atoms with E-state index in [9.17, 15) is 19.1 Å². The van der Waals surface area contributed by atoms with Gasteiger partial charge in [0.25, 0.3) is 0 Å². The van der Waals surface area contributed by atoms with E-state index in [-0.39, 0.29) is 11.5 Å². The van der Waals surface area contributed by atoms with Crippen molar-refractivity contribution in [1.29, 1.82) is 0 Å². The van der Waals surface area contributed by atoms with Gasteiger partial charge in [-0.15, -0.1) is 0 Å². The summed E-state index contributed by atoms with van der Waals surface area (Å²) in [6.45, 7) is 4.03. The van der Waals surface area contributed by atoms with E-state index < -0.39 is 15.6 Å². The van der Waals surface area contributed by atoms with E-state index in [1.807, 2.05) is 26.0 Å².